The second-order valence-corrected chi connectivity index (χ2v) is 4.08. The van der Waals surface area contributed by atoms with Gasteiger partial charge in [0.1, 0.15) is 6.04 Å². The van der Waals surface area contributed by atoms with Gasteiger partial charge in [-0.25, -0.2) is 4.99 Å². The van der Waals surface area contributed by atoms with Gasteiger partial charge in [-0.2, -0.15) is 0 Å². The third-order valence-electron chi connectivity index (χ3n) is 2.47. The summed E-state index contributed by atoms with van der Waals surface area (Å²) in [6.07, 6.45) is 1.70. The molecule has 1 heterocycles. The number of primary amides is 1. The van der Waals surface area contributed by atoms with E-state index in [1.165, 1.54) is 0 Å². The van der Waals surface area contributed by atoms with Gasteiger partial charge in [0.15, 0.2) is 0 Å². The van der Waals surface area contributed by atoms with Crippen LogP contribution in [0.3, 0.4) is 0 Å². The van der Waals surface area contributed by atoms with Gasteiger partial charge >= 0.3 is 0 Å². The summed E-state index contributed by atoms with van der Waals surface area (Å²) >= 11 is 6.08. The van der Waals surface area contributed by atoms with Crippen molar-refractivity contribution >= 4 is 28.5 Å². The van der Waals surface area contributed by atoms with Crippen LogP contribution in [0.25, 0.3) is 0 Å². The Morgan fingerprint density at radius 1 is 1.41 bits per heavy atom. The van der Waals surface area contributed by atoms with Crippen molar-refractivity contribution in [2.45, 2.75) is 13.0 Å². The van der Waals surface area contributed by atoms with E-state index >= 15 is 0 Å². The number of para-hydroxylation sites is 1. The van der Waals surface area contributed by atoms with Crippen LogP contribution in [0.15, 0.2) is 47.1 Å². The largest absolute Gasteiger partial charge is 0.368 e. The van der Waals surface area contributed by atoms with Gasteiger partial charge in [0.25, 0.3) is 0 Å². The van der Waals surface area contributed by atoms with Crippen LogP contribution in [0.5, 0.6) is 0 Å². The molecule has 0 saturated heterocycles. The zero-order valence-electron chi connectivity index (χ0n) is 9.30. The van der Waals surface area contributed by atoms with Crippen LogP contribution in [0.1, 0.15) is 6.92 Å². The number of hydrogen-bond donors (Lipinski definition) is 1. The zero-order valence-corrected chi connectivity index (χ0v) is 10.1. The Morgan fingerprint density at radius 3 is 2.65 bits per heavy atom. The van der Waals surface area contributed by atoms with Crippen LogP contribution in [-0.2, 0) is 4.79 Å². The molecule has 2 N–H and O–H groups in total. The van der Waals surface area contributed by atoms with Crippen molar-refractivity contribution in [3.63, 3.8) is 0 Å². The fraction of sp³-hybridized carbons (Fsp3) is 0.167. The average Bonchev–Trinajstić information content (AvgIpc) is 2.29. The van der Waals surface area contributed by atoms with Gasteiger partial charge in [0.2, 0.25) is 11.2 Å². The number of carbonyl (C=O) groups excluding carboxylic acids is 1. The van der Waals surface area contributed by atoms with Crippen molar-refractivity contribution in [2.24, 2.45) is 10.7 Å². The molecule has 1 unspecified atom stereocenters. The van der Waals surface area contributed by atoms with Gasteiger partial charge in [-0.1, -0.05) is 18.2 Å². The molecule has 0 aromatic heterocycles. The number of hydrogen-bond acceptors (Lipinski definition) is 3. The SMILES string of the molecule is CC1=CC(C(N)=O)N(c2ccccc2)C(Cl)=N1. The van der Waals surface area contributed by atoms with E-state index in [4.69, 9.17) is 17.3 Å². The minimum absolute atomic E-state index is 0.250. The summed E-state index contributed by atoms with van der Waals surface area (Å²) in [7, 11) is 0. The maximum atomic E-state index is 11.5. The van der Waals surface area contributed by atoms with Crippen molar-refractivity contribution in [2.75, 3.05) is 4.90 Å². The van der Waals surface area contributed by atoms with E-state index in [1.807, 2.05) is 30.3 Å². The standard InChI is InChI=1S/C12H12ClN3O/c1-8-7-10(11(14)17)16(12(13)15-8)9-5-3-2-4-6-9/h2-7,10H,1H3,(H2,14,17). The second kappa shape index (κ2) is 4.59. The predicted octanol–water partition coefficient (Wildman–Crippen LogP) is 1.86. The number of anilines is 1. The van der Waals surface area contributed by atoms with Crippen molar-refractivity contribution in [1.82, 2.24) is 0 Å². The molecule has 1 atom stereocenters. The van der Waals surface area contributed by atoms with Crippen LogP contribution in [0.4, 0.5) is 5.69 Å². The molecule has 1 aromatic rings. The quantitative estimate of drug-likeness (QED) is 0.814. The lowest BCUT2D eigenvalue weighted by atomic mass is 10.1. The van der Waals surface area contributed by atoms with Gasteiger partial charge in [-0.15, -0.1) is 0 Å². The highest BCUT2D eigenvalue weighted by Gasteiger charge is 2.28. The lowest BCUT2D eigenvalue weighted by molar-refractivity contribution is -0.118. The molecule has 5 heteroatoms. The first-order valence-corrected chi connectivity index (χ1v) is 5.53. The normalized spacial score (nSPS) is 19.6. The Kier molecular flexibility index (Phi) is 3.15. The molecule has 4 nitrogen and oxygen atoms in total. The van der Waals surface area contributed by atoms with E-state index in [2.05, 4.69) is 4.99 Å². The Balaban J connectivity index is 2.44. The molecule has 2 rings (SSSR count). The van der Waals surface area contributed by atoms with Crippen LogP contribution < -0.4 is 10.6 Å². The lowest BCUT2D eigenvalue weighted by Gasteiger charge is -2.30. The molecule has 1 aliphatic rings. The molecule has 0 aliphatic carbocycles. The van der Waals surface area contributed by atoms with Crippen molar-refractivity contribution in [3.05, 3.63) is 42.1 Å². The summed E-state index contributed by atoms with van der Waals surface area (Å²) in [5, 5.41) is 0.250. The van der Waals surface area contributed by atoms with Crippen LogP contribution in [0, 0.1) is 0 Å². The number of nitrogens with two attached hydrogens (primary N) is 1. The van der Waals surface area contributed by atoms with Gasteiger partial charge in [0, 0.05) is 11.4 Å². The summed E-state index contributed by atoms with van der Waals surface area (Å²) in [5.41, 5.74) is 6.85. The highest BCUT2D eigenvalue weighted by atomic mass is 35.5. The maximum absolute atomic E-state index is 11.5. The fourth-order valence-corrected chi connectivity index (χ4v) is 2.06. The first-order valence-electron chi connectivity index (χ1n) is 5.16. The number of amidine groups is 1. The smallest absolute Gasteiger partial charge is 0.244 e. The summed E-state index contributed by atoms with van der Waals surface area (Å²) in [6, 6.07) is 8.72. The number of rotatable bonds is 2. The molecule has 0 radical (unpaired) electrons. The maximum Gasteiger partial charge on any atom is 0.244 e. The number of aliphatic imine (C=N–C) groups is 1. The first kappa shape index (κ1) is 11.7. The van der Waals surface area contributed by atoms with Gasteiger partial charge in [-0.3, -0.25) is 4.79 Å². The predicted molar refractivity (Wildman–Crippen MR) is 68.9 cm³/mol. The van der Waals surface area contributed by atoms with E-state index in [-0.39, 0.29) is 5.29 Å². The molecule has 0 spiro atoms. The number of carbonyl (C=O) groups is 1. The summed E-state index contributed by atoms with van der Waals surface area (Å²) in [6.45, 7) is 1.78. The monoisotopic (exact) mass is 249 g/mol. The van der Waals surface area contributed by atoms with Gasteiger partial charge in [-0.05, 0) is 36.7 Å². The molecule has 88 valence electrons. The summed E-state index contributed by atoms with van der Waals surface area (Å²) < 4.78 is 0. The van der Waals surface area contributed by atoms with E-state index in [0.29, 0.717) is 5.70 Å². The van der Waals surface area contributed by atoms with E-state index in [0.717, 1.165) is 5.69 Å². The first-order chi connectivity index (χ1) is 8.09. The minimum atomic E-state index is -0.595. The van der Waals surface area contributed by atoms with Crippen molar-refractivity contribution < 1.29 is 4.79 Å². The average molecular weight is 250 g/mol. The molecule has 17 heavy (non-hydrogen) atoms. The highest BCUT2D eigenvalue weighted by Crippen LogP contribution is 2.24. The molecule has 0 fully saturated rings. The van der Waals surface area contributed by atoms with E-state index < -0.39 is 11.9 Å². The van der Waals surface area contributed by atoms with Crippen molar-refractivity contribution in [3.8, 4) is 0 Å². The highest BCUT2D eigenvalue weighted by molar-refractivity contribution is 6.68. The number of amides is 1. The zero-order chi connectivity index (χ0) is 12.4. The Labute approximate surface area is 104 Å². The topological polar surface area (TPSA) is 58.7 Å². The van der Waals surface area contributed by atoms with Crippen molar-refractivity contribution in [1.29, 1.82) is 0 Å². The molecule has 1 aliphatic heterocycles. The van der Waals surface area contributed by atoms with Gasteiger partial charge < -0.3 is 10.6 Å². The summed E-state index contributed by atoms with van der Waals surface area (Å²) in [5.74, 6) is -0.457. The summed E-state index contributed by atoms with van der Waals surface area (Å²) in [4.78, 5) is 17.2. The third-order valence-corrected chi connectivity index (χ3v) is 2.74. The molecule has 0 saturated carbocycles. The lowest BCUT2D eigenvalue weighted by Crippen LogP contribution is -2.47. The van der Waals surface area contributed by atoms with Gasteiger partial charge in [0.05, 0.1) is 0 Å². The Hall–Kier alpha value is -1.81. The number of benzene rings is 1. The molecular weight excluding hydrogens is 238 g/mol. The fourth-order valence-electron chi connectivity index (χ4n) is 1.72. The Morgan fingerprint density at radius 2 is 2.06 bits per heavy atom. The molecular formula is C12H12ClN3O. The number of halogens is 1. The third kappa shape index (κ3) is 2.31. The van der Waals surface area contributed by atoms with E-state index in [9.17, 15) is 4.79 Å². The molecule has 0 bridgehead atoms. The number of nitrogens with zero attached hydrogens (tertiary/aromatic N) is 2. The molecule has 1 amide bonds. The van der Waals surface area contributed by atoms with Crippen LogP contribution in [0.2, 0.25) is 0 Å². The van der Waals surface area contributed by atoms with Crippen LogP contribution >= 0.6 is 11.6 Å². The molecule has 1 aromatic carbocycles. The van der Waals surface area contributed by atoms with E-state index in [1.54, 1.807) is 17.9 Å². The Bertz CT molecular complexity index is 496. The minimum Gasteiger partial charge on any atom is -0.368 e. The van der Waals surface area contributed by atoms with Crippen LogP contribution in [-0.4, -0.2) is 17.2 Å². The second-order valence-electron chi connectivity index (χ2n) is 3.74. The number of allylic oxidation sites excluding steroid dienone is 1.